The molecule has 4 aliphatic carbocycles. The Morgan fingerprint density at radius 2 is 1.19 bits per heavy atom. The zero-order chi connectivity index (χ0) is 38.1. The molecule has 0 heterocycles. The minimum absolute atomic E-state index is 0.123. The number of hydrogen-bond acceptors (Lipinski definition) is 1. The van der Waals surface area contributed by atoms with E-state index in [1.54, 1.807) is 0 Å². The maximum atomic E-state index is 2.50. The third kappa shape index (κ3) is 5.96. The van der Waals surface area contributed by atoms with Crippen molar-refractivity contribution in [3.05, 3.63) is 174 Å². The van der Waals surface area contributed by atoms with Crippen LogP contribution in [0.2, 0.25) is 0 Å². The summed E-state index contributed by atoms with van der Waals surface area (Å²) in [6.45, 7) is 4.82. The Morgan fingerprint density at radius 3 is 1.98 bits per heavy atom. The van der Waals surface area contributed by atoms with Crippen LogP contribution >= 0.6 is 0 Å². The summed E-state index contributed by atoms with van der Waals surface area (Å²) < 4.78 is 0. The van der Waals surface area contributed by atoms with Gasteiger partial charge in [0.2, 0.25) is 0 Å². The molecule has 3 unspecified atom stereocenters. The molecule has 0 amide bonds. The maximum absolute atomic E-state index is 2.50. The van der Waals surface area contributed by atoms with Gasteiger partial charge < -0.3 is 4.90 Å². The molecular formula is C56H53N. The second-order valence-corrected chi connectivity index (χ2v) is 18.3. The lowest BCUT2D eigenvalue weighted by Crippen LogP contribution is -2.16. The van der Waals surface area contributed by atoms with Gasteiger partial charge in [-0.25, -0.2) is 0 Å². The molecule has 1 heteroatoms. The van der Waals surface area contributed by atoms with Crippen molar-refractivity contribution < 1.29 is 0 Å². The zero-order valence-corrected chi connectivity index (χ0v) is 33.6. The first-order valence-electron chi connectivity index (χ1n) is 21.9. The monoisotopic (exact) mass is 739 g/mol. The van der Waals surface area contributed by atoms with E-state index < -0.39 is 0 Å². The van der Waals surface area contributed by atoms with Gasteiger partial charge in [-0.3, -0.25) is 0 Å². The van der Waals surface area contributed by atoms with Gasteiger partial charge in [-0.2, -0.15) is 0 Å². The van der Waals surface area contributed by atoms with Gasteiger partial charge in [0, 0.05) is 22.5 Å². The number of benzene rings is 7. The van der Waals surface area contributed by atoms with Crippen LogP contribution in [0.3, 0.4) is 0 Å². The maximum Gasteiger partial charge on any atom is 0.0465 e. The Bertz CT molecular complexity index is 2600. The van der Waals surface area contributed by atoms with E-state index in [0.29, 0.717) is 5.92 Å². The van der Waals surface area contributed by atoms with Crippen LogP contribution in [0, 0.1) is 11.8 Å². The average Bonchev–Trinajstić information content (AvgIpc) is 3.97. The molecule has 4 aliphatic rings. The van der Waals surface area contributed by atoms with Crippen LogP contribution in [0.1, 0.15) is 106 Å². The fraction of sp³-hybridized carbons (Fsp3) is 0.286. The predicted octanol–water partition coefficient (Wildman–Crippen LogP) is 15.9. The zero-order valence-electron chi connectivity index (χ0n) is 33.6. The Kier molecular flexibility index (Phi) is 8.50. The van der Waals surface area contributed by atoms with E-state index in [1.165, 1.54) is 141 Å². The third-order valence-corrected chi connectivity index (χ3v) is 14.8. The van der Waals surface area contributed by atoms with E-state index in [0.717, 1.165) is 17.8 Å². The summed E-state index contributed by atoms with van der Waals surface area (Å²) in [7, 11) is 0. The number of nitrogens with zero attached hydrogens (tertiary/aromatic N) is 1. The van der Waals surface area contributed by atoms with E-state index in [4.69, 9.17) is 0 Å². The smallest absolute Gasteiger partial charge is 0.0465 e. The number of hydrogen-bond donors (Lipinski definition) is 0. The van der Waals surface area contributed by atoms with Gasteiger partial charge in [0.1, 0.15) is 0 Å². The molecule has 57 heavy (non-hydrogen) atoms. The van der Waals surface area contributed by atoms with Crippen LogP contribution in [-0.4, -0.2) is 0 Å². The molecule has 7 aromatic carbocycles. The molecule has 11 rings (SSSR count). The molecule has 0 saturated heterocycles. The van der Waals surface area contributed by atoms with Crippen molar-refractivity contribution in [1.82, 2.24) is 0 Å². The highest BCUT2D eigenvalue weighted by molar-refractivity contribution is 5.98. The van der Waals surface area contributed by atoms with Crippen LogP contribution in [0.25, 0.3) is 44.2 Å². The average molecular weight is 740 g/mol. The normalized spacial score (nSPS) is 20.8. The Balaban J connectivity index is 0.989. The molecule has 1 nitrogen and oxygen atoms in total. The van der Waals surface area contributed by atoms with Crippen LogP contribution < -0.4 is 4.90 Å². The molecule has 2 bridgehead atoms. The van der Waals surface area contributed by atoms with E-state index in [9.17, 15) is 0 Å². The predicted molar refractivity (Wildman–Crippen MR) is 241 cm³/mol. The number of anilines is 3. The SMILES string of the molecule is CC1(C)c2ccc(-c3cccc4ccccc34)cc2-c2ccc(N(c3ccc(-c4ccccc4C4CCCCC4)cc3)c3ccc(C4CC5CCC4C5)cc3)cc21. The van der Waals surface area contributed by atoms with Crippen molar-refractivity contribution in [3.8, 4) is 33.4 Å². The molecule has 0 aliphatic heterocycles. The van der Waals surface area contributed by atoms with Gasteiger partial charge in [0.15, 0.2) is 0 Å². The van der Waals surface area contributed by atoms with Gasteiger partial charge in [0.05, 0.1) is 0 Å². The summed E-state index contributed by atoms with van der Waals surface area (Å²) in [5, 5.41) is 2.59. The topological polar surface area (TPSA) is 3.24 Å². The molecule has 7 aromatic rings. The van der Waals surface area contributed by atoms with Gasteiger partial charge in [0.25, 0.3) is 0 Å². The molecule has 3 fully saturated rings. The highest BCUT2D eigenvalue weighted by Crippen LogP contribution is 2.54. The molecule has 0 N–H and O–H groups in total. The first-order valence-corrected chi connectivity index (χ1v) is 21.9. The van der Waals surface area contributed by atoms with Crippen LogP contribution in [0.4, 0.5) is 17.1 Å². The number of rotatable bonds is 7. The van der Waals surface area contributed by atoms with Gasteiger partial charge in [-0.1, -0.05) is 149 Å². The molecule has 0 spiro atoms. The first-order chi connectivity index (χ1) is 28.0. The van der Waals surface area contributed by atoms with Crippen molar-refractivity contribution in [2.75, 3.05) is 4.90 Å². The quantitative estimate of drug-likeness (QED) is 0.157. The van der Waals surface area contributed by atoms with E-state index in [2.05, 4.69) is 170 Å². The first kappa shape index (κ1) is 34.8. The summed E-state index contributed by atoms with van der Waals surface area (Å²) in [5.41, 5.74) is 17.4. The minimum atomic E-state index is -0.123. The van der Waals surface area contributed by atoms with Gasteiger partial charge >= 0.3 is 0 Å². The van der Waals surface area contributed by atoms with Crippen molar-refractivity contribution in [3.63, 3.8) is 0 Å². The fourth-order valence-electron chi connectivity index (χ4n) is 11.8. The summed E-state index contributed by atoms with van der Waals surface area (Å²) in [6.07, 6.45) is 12.4. The summed E-state index contributed by atoms with van der Waals surface area (Å²) in [4.78, 5) is 2.50. The second kappa shape index (κ2) is 13.9. The Morgan fingerprint density at radius 1 is 0.491 bits per heavy atom. The lowest BCUT2D eigenvalue weighted by Gasteiger charge is -2.29. The molecule has 3 saturated carbocycles. The van der Waals surface area contributed by atoms with Gasteiger partial charge in [-0.05, 0) is 165 Å². The summed E-state index contributed by atoms with van der Waals surface area (Å²) in [6, 6.07) is 58.2. The lowest BCUT2D eigenvalue weighted by atomic mass is 9.81. The summed E-state index contributed by atoms with van der Waals surface area (Å²) >= 11 is 0. The van der Waals surface area contributed by atoms with Crippen LogP contribution in [-0.2, 0) is 5.41 Å². The van der Waals surface area contributed by atoms with Gasteiger partial charge in [-0.15, -0.1) is 0 Å². The highest BCUT2D eigenvalue weighted by Gasteiger charge is 2.40. The molecule has 3 atom stereocenters. The lowest BCUT2D eigenvalue weighted by molar-refractivity contribution is 0.420. The van der Waals surface area contributed by atoms with E-state index in [-0.39, 0.29) is 5.41 Å². The van der Waals surface area contributed by atoms with Crippen molar-refractivity contribution in [2.24, 2.45) is 11.8 Å². The van der Waals surface area contributed by atoms with Crippen molar-refractivity contribution in [1.29, 1.82) is 0 Å². The van der Waals surface area contributed by atoms with E-state index in [1.807, 2.05) is 0 Å². The largest absolute Gasteiger partial charge is 0.310 e. The highest BCUT2D eigenvalue weighted by atomic mass is 15.1. The molecule has 0 aromatic heterocycles. The number of fused-ring (bicyclic) bond motifs is 6. The summed E-state index contributed by atoms with van der Waals surface area (Å²) in [5.74, 6) is 3.22. The second-order valence-electron chi connectivity index (χ2n) is 18.3. The van der Waals surface area contributed by atoms with Crippen LogP contribution in [0.15, 0.2) is 152 Å². The van der Waals surface area contributed by atoms with Crippen molar-refractivity contribution in [2.45, 2.75) is 88.9 Å². The minimum Gasteiger partial charge on any atom is -0.310 e. The molecule has 0 radical (unpaired) electrons. The molecule has 282 valence electrons. The Labute approximate surface area is 339 Å². The molecular weight excluding hydrogens is 687 g/mol. The third-order valence-electron chi connectivity index (χ3n) is 14.8. The standard InChI is InChI=1S/C56H53N/c1-56(2)54-32-25-43(50-18-10-14-39-13-6-7-15-48(39)50)35-53(54)51-31-30-46(36-55(51)56)57(45-28-23-41(24-29-45)52-34-37-19-20-42(52)33-37)44-26-21-40(22-27-44)49-17-9-8-16-47(49)38-11-4-3-5-12-38/h6-10,13-18,21-32,35-38,42,52H,3-5,11-12,19-20,33-34H2,1-2H3. The fourth-order valence-corrected chi connectivity index (χ4v) is 11.8. The Hall–Kier alpha value is -5.40. The van der Waals surface area contributed by atoms with Crippen molar-refractivity contribution >= 4 is 27.8 Å². The van der Waals surface area contributed by atoms with Crippen LogP contribution in [0.5, 0.6) is 0 Å². The van der Waals surface area contributed by atoms with E-state index >= 15 is 0 Å².